The van der Waals surface area contributed by atoms with Crippen molar-refractivity contribution < 1.29 is 17.9 Å². The number of nitrogens with zero attached hydrogens (tertiary/aromatic N) is 1. The van der Waals surface area contributed by atoms with Gasteiger partial charge in [-0.2, -0.15) is 0 Å². The fourth-order valence-electron chi connectivity index (χ4n) is 3.29. The minimum atomic E-state index is -3.98. The zero-order chi connectivity index (χ0) is 22.4. The number of para-hydroxylation sites is 1. The quantitative estimate of drug-likeness (QED) is 0.575. The van der Waals surface area contributed by atoms with Gasteiger partial charge in [0.15, 0.2) is 0 Å². The Labute approximate surface area is 183 Å². The van der Waals surface area contributed by atoms with E-state index in [1.165, 1.54) is 13.2 Å². The third kappa shape index (κ3) is 5.24. The lowest BCUT2D eigenvalue weighted by atomic mass is 10.1. The number of carbonyl (C=O) groups is 1. The van der Waals surface area contributed by atoms with Gasteiger partial charge in [-0.3, -0.25) is 9.10 Å². The largest absolute Gasteiger partial charge is 0.496 e. The summed E-state index contributed by atoms with van der Waals surface area (Å²) in [5, 5.41) is 2.88. The molecule has 0 aliphatic heterocycles. The fraction of sp³-hybridized carbons (Fsp3) is 0.208. The summed E-state index contributed by atoms with van der Waals surface area (Å²) in [6.45, 7) is 3.30. The van der Waals surface area contributed by atoms with Crippen molar-refractivity contribution in [2.45, 2.75) is 24.8 Å². The summed E-state index contributed by atoms with van der Waals surface area (Å²) in [4.78, 5) is 12.9. The maximum Gasteiger partial charge on any atom is 0.264 e. The predicted octanol–water partition coefficient (Wildman–Crippen LogP) is 4.08. The molecule has 162 valence electrons. The van der Waals surface area contributed by atoms with Crippen molar-refractivity contribution in [3.8, 4) is 5.75 Å². The molecule has 0 aliphatic carbocycles. The Morgan fingerprint density at radius 3 is 2.19 bits per heavy atom. The van der Waals surface area contributed by atoms with Crippen LogP contribution in [0.1, 0.15) is 24.1 Å². The zero-order valence-corrected chi connectivity index (χ0v) is 18.6. The van der Waals surface area contributed by atoms with Crippen LogP contribution in [0.15, 0.2) is 83.8 Å². The van der Waals surface area contributed by atoms with Crippen molar-refractivity contribution in [2.24, 2.45) is 0 Å². The second-order valence-electron chi connectivity index (χ2n) is 7.18. The number of hydrogen-bond donors (Lipinski definition) is 1. The number of ether oxygens (including phenoxy) is 1. The molecule has 31 heavy (non-hydrogen) atoms. The summed E-state index contributed by atoms with van der Waals surface area (Å²) in [7, 11) is -2.45. The van der Waals surface area contributed by atoms with Gasteiger partial charge in [0.1, 0.15) is 12.3 Å². The highest BCUT2D eigenvalue weighted by atomic mass is 32.2. The van der Waals surface area contributed by atoms with E-state index >= 15 is 0 Å². The van der Waals surface area contributed by atoms with Crippen molar-refractivity contribution in [3.63, 3.8) is 0 Å². The Hall–Kier alpha value is -3.32. The van der Waals surface area contributed by atoms with Crippen LogP contribution in [0.25, 0.3) is 0 Å². The number of sulfonamides is 1. The topological polar surface area (TPSA) is 75.7 Å². The lowest BCUT2D eigenvalue weighted by molar-refractivity contribution is -0.120. The lowest BCUT2D eigenvalue weighted by Gasteiger charge is -2.25. The predicted molar refractivity (Wildman–Crippen MR) is 122 cm³/mol. The van der Waals surface area contributed by atoms with E-state index < -0.39 is 15.9 Å². The van der Waals surface area contributed by atoms with E-state index in [0.717, 1.165) is 9.87 Å². The van der Waals surface area contributed by atoms with E-state index in [4.69, 9.17) is 4.74 Å². The molecule has 0 unspecified atom stereocenters. The van der Waals surface area contributed by atoms with Crippen LogP contribution in [-0.2, 0) is 14.8 Å². The number of methoxy groups -OCH3 is 1. The second kappa shape index (κ2) is 9.66. The second-order valence-corrected chi connectivity index (χ2v) is 9.04. The first-order chi connectivity index (χ1) is 14.8. The van der Waals surface area contributed by atoms with Gasteiger partial charge in [-0.25, -0.2) is 8.42 Å². The molecule has 0 radical (unpaired) electrons. The molecule has 0 bridgehead atoms. The molecule has 1 amide bonds. The Balaban J connectivity index is 1.90. The number of rotatable bonds is 8. The van der Waals surface area contributed by atoms with Crippen LogP contribution in [0, 0.1) is 6.92 Å². The third-order valence-corrected chi connectivity index (χ3v) is 6.73. The minimum absolute atomic E-state index is 0.0959. The first-order valence-corrected chi connectivity index (χ1v) is 11.3. The van der Waals surface area contributed by atoms with E-state index in [2.05, 4.69) is 5.32 Å². The maximum absolute atomic E-state index is 13.5. The molecule has 6 nitrogen and oxygen atoms in total. The number of carbonyl (C=O) groups excluding carboxylic acids is 1. The smallest absolute Gasteiger partial charge is 0.264 e. The number of hydrogen-bond acceptors (Lipinski definition) is 4. The molecule has 1 N–H and O–H groups in total. The average Bonchev–Trinajstić information content (AvgIpc) is 2.78. The molecule has 0 fully saturated rings. The molecular formula is C24H26N2O4S. The Kier molecular flexibility index (Phi) is 6.97. The summed E-state index contributed by atoms with van der Waals surface area (Å²) in [6, 6.07) is 22.5. The Bertz CT molecular complexity index is 1130. The van der Waals surface area contributed by atoms with Crippen molar-refractivity contribution >= 4 is 21.6 Å². The van der Waals surface area contributed by atoms with Crippen LogP contribution in [0.3, 0.4) is 0 Å². The van der Waals surface area contributed by atoms with Gasteiger partial charge in [0.25, 0.3) is 10.0 Å². The third-order valence-electron chi connectivity index (χ3n) is 4.96. The maximum atomic E-state index is 13.5. The standard InChI is InChI=1S/C24H26N2O4S/c1-18-16-22(14-15-23(18)30-3)31(28,29)26(21-12-8-5-9-13-21)17-24(27)25-19(2)20-10-6-4-7-11-20/h4-16,19H,17H2,1-3H3,(H,25,27)/t19-/m0/s1. The Morgan fingerprint density at radius 2 is 1.61 bits per heavy atom. The van der Waals surface area contributed by atoms with Gasteiger partial charge in [0.2, 0.25) is 5.91 Å². The highest BCUT2D eigenvalue weighted by Crippen LogP contribution is 2.27. The zero-order valence-electron chi connectivity index (χ0n) is 17.8. The average molecular weight is 439 g/mol. The van der Waals surface area contributed by atoms with Crippen molar-refractivity contribution in [1.82, 2.24) is 5.32 Å². The highest BCUT2D eigenvalue weighted by molar-refractivity contribution is 7.92. The van der Waals surface area contributed by atoms with Gasteiger partial charge >= 0.3 is 0 Å². The molecule has 3 aromatic carbocycles. The van der Waals surface area contributed by atoms with E-state index in [1.807, 2.05) is 37.3 Å². The first kappa shape index (κ1) is 22.4. The summed E-state index contributed by atoms with van der Waals surface area (Å²) < 4.78 is 33.3. The van der Waals surface area contributed by atoms with E-state index in [0.29, 0.717) is 17.0 Å². The van der Waals surface area contributed by atoms with E-state index in [1.54, 1.807) is 49.4 Å². The Morgan fingerprint density at radius 1 is 1.00 bits per heavy atom. The molecule has 0 saturated carbocycles. The van der Waals surface area contributed by atoms with Crippen LogP contribution < -0.4 is 14.4 Å². The van der Waals surface area contributed by atoms with E-state index in [-0.39, 0.29) is 17.5 Å². The summed E-state index contributed by atoms with van der Waals surface area (Å²) in [6.07, 6.45) is 0. The van der Waals surface area contributed by atoms with Gasteiger partial charge in [0, 0.05) is 0 Å². The van der Waals surface area contributed by atoms with Crippen molar-refractivity contribution in [1.29, 1.82) is 0 Å². The number of nitrogens with one attached hydrogen (secondary N) is 1. The molecule has 1 atom stereocenters. The minimum Gasteiger partial charge on any atom is -0.496 e. The first-order valence-electron chi connectivity index (χ1n) is 9.89. The van der Waals surface area contributed by atoms with Gasteiger partial charge in [-0.15, -0.1) is 0 Å². The number of amides is 1. The SMILES string of the molecule is COc1ccc(S(=O)(=O)N(CC(=O)N[C@@H](C)c2ccccc2)c2ccccc2)cc1C. The fourth-order valence-corrected chi connectivity index (χ4v) is 4.80. The van der Waals surface area contributed by atoms with Crippen LogP contribution in [0.4, 0.5) is 5.69 Å². The van der Waals surface area contributed by atoms with Crippen LogP contribution >= 0.6 is 0 Å². The van der Waals surface area contributed by atoms with Gasteiger partial charge in [0.05, 0.1) is 23.7 Å². The number of benzene rings is 3. The molecule has 0 aromatic heterocycles. The van der Waals surface area contributed by atoms with Crippen LogP contribution in [-0.4, -0.2) is 28.0 Å². The molecule has 0 spiro atoms. The van der Waals surface area contributed by atoms with Crippen LogP contribution in [0.5, 0.6) is 5.75 Å². The molecule has 0 heterocycles. The summed E-state index contributed by atoms with van der Waals surface area (Å²) >= 11 is 0. The van der Waals surface area contributed by atoms with Crippen molar-refractivity contribution in [2.75, 3.05) is 18.0 Å². The highest BCUT2D eigenvalue weighted by Gasteiger charge is 2.28. The summed E-state index contributed by atoms with van der Waals surface area (Å²) in [5.74, 6) is 0.202. The van der Waals surface area contributed by atoms with Gasteiger partial charge < -0.3 is 10.1 Å². The van der Waals surface area contributed by atoms with E-state index in [9.17, 15) is 13.2 Å². The molecule has 0 saturated heterocycles. The van der Waals surface area contributed by atoms with Gasteiger partial charge in [-0.05, 0) is 55.3 Å². The number of anilines is 1. The molecular weight excluding hydrogens is 412 g/mol. The monoisotopic (exact) mass is 438 g/mol. The summed E-state index contributed by atoms with van der Waals surface area (Å²) in [5.41, 5.74) is 2.05. The lowest BCUT2D eigenvalue weighted by Crippen LogP contribution is -2.41. The molecule has 3 aromatic rings. The molecule has 0 aliphatic rings. The number of aryl methyl sites for hydroxylation is 1. The van der Waals surface area contributed by atoms with Gasteiger partial charge in [-0.1, -0.05) is 48.5 Å². The van der Waals surface area contributed by atoms with Crippen molar-refractivity contribution in [3.05, 3.63) is 90.0 Å². The molecule has 7 heteroatoms. The normalized spacial score (nSPS) is 12.1. The van der Waals surface area contributed by atoms with Crippen LogP contribution in [0.2, 0.25) is 0 Å². The molecule has 3 rings (SSSR count).